The molecule has 4 aliphatic rings. The molecule has 4 aliphatic carbocycles. The third-order valence-electron chi connectivity index (χ3n) is 8.82. The molecule has 4 saturated carbocycles. The molecule has 0 radical (unpaired) electrons. The molecular weight excluding hydrogens is 339 g/mol. The van der Waals surface area contributed by atoms with E-state index < -0.39 is 7.82 Å². The van der Waals surface area contributed by atoms with E-state index in [1.54, 1.807) is 0 Å². The van der Waals surface area contributed by atoms with Crippen molar-refractivity contribution in [1.82, 2.24) is 0 Å². The summed E-state index contributed by atoms with van der Waals surface area (Å²) in [6.45, 7) is 4.67. The van der Waals surface area contributed by atoms with Crippen LogP contribution in [0.4, 0.5) is 0 Å². The van der Waals surface area contributed by atoms with E-state index >= 15 is 0 Å². The number of aliphatic hydroxyl groups excluding tert-OH is 1. The Morgan fingerprint density at radius 1 is 0.920 bits per heavy atom. The molecule has 0 amide bonds. The minimum absolute atomic E-state index is 0.0976. The number of hydrogen-bond acceptors (Lipinski definition) is 3. The number of rotatable bonds is 2. The molecule has 0 spiro atoms. The summed E-state index contributed by atoms with van der Waals surface area (Å²) in [6.07, 6.45) is 8.97. The molecule has 3 N–H and O–H groups in total. The molecule has 0 aromatic rings. The first-order valence-corrected chi connectivity index (χ1v) is 11.6. The molecule has 144 valence electrons. The van der Waals surface area contributed by atoms with Crippen molar-refractivity contribution in [3.8, 4) is 0 Å². The first-order valence-electron chi connectivity index (χ1n) is 10.1. The molecule has 25 heavy (non-hydrogen) atoms. The molecule has 0 saturated heterocycles. The van der Waals surface area contributed by atoms with E-state index in [-0.39, 0.29) is 17.6 Å². The quantitative estimate of drug-likeness (QED) is 0.641. The standard InChI is InChI=1S/C19H33O5P/c1-18-9-7-13(20)11-12(18)3-4-14-15-5-6-17(24-25(21,22)23)19(15,2)10-8-16(14)18/h12-17,20H,3-11H2,1-2H3,(H2,21,22,23)/t12-,13-,14+,15+,16+,17+,18+,19+/m1/s1. The molecule has 0 aromatic carbocycles. The van der Waals surface area contributed by atoms with Gasteiger partial charge in [0.15, 0.2) is 0 Å². The Labute approximate surface area is 150 Å². The number of phosphoric acid groups is 1. The van der Waals surface area contributed by atoms with Crippen LogP contribution in [-0.2, 0) is 9.09 Å². The lowest BCUT2D eigenvalue weighted by atomic mass is 9.45. The van der Waals surface area contributed by atoms with Crippen LogP contribution in [0.25, 0.3) is 0 Å². The van der Waals surface area contributed by atoms with Crippen LogP contribution < -0.4 is 0 Å². The third-order valence-corrected chi connectivity index (χ3v) is 9.34. The van der Waals surface area contributed by atoms with Crippen LogP contribution in [0.15, 0.2) is 0 Å². The summed E-state index contributed by atoms with van der Waals surface area (Å²) in [6, 6.07) is 0. The van der Waals surface area contributed by atoms with Crippen molar-refractivity contribution >= 4 is 7.82 Å². The summed E-state index contributed by atoms with van der Waals surface area (Å²) >= 11 is 0. The van der Waals surface area contributed by atoms with Crippen molar-refractivity contribution in [2.24, 2.45) is 34.5 Å². The van der Waals surface area contributed by atoms with Gasteiger partial charge in [-0.15, -0.1) is 0 Å². The van der Waals surface area contributed by atoms with E-state index in [2.05, 4.69) is 13.8 Å². The fraction of sp³-hybridized carbons (Fsp3) is 1.00. The summed E-state index contributed by atoms with van der Waals surface area (Å²) in [5.74, 6) is 2.52. The summed E-state index contributed by atoms with van der Waals surface area (Å²) in [5, 5.41) is 10.1. The van der Waals surface area contributed by atoms with E-state index in [0.717, 1.165) is 44.9 Å². The predicted molar refractivity (Wildman–Crippen MR) is 94.7 cm³/mol. The molecule has 0 heterocycles. The zero-order valence-corrected chi connectivity index (χ0v) is 16.3. The number of hydrogen-bond donors (Lipinski definition) is 3. The highest BCUT2D eigenvalue weighted by atomic mass is 31.2. The lowest BCUT2D eigenvalue weighted by Crippen LogP contribution is -2.54. The van der Waals surface area contributed by atoms with Crippen molar-refractivity contribution in [2.75, 3.05) is 0 Å². The van der Waals surface area contributed by atoms with Crippen molar-refractivity contribution in [1.29, 1.82) is 0 Å². The average Bonchev–Trinajstić information content (AvgIpc) is 2.83. The fourth-order valence-corrected chi connectivity index (χ4v) is 8.20. The fourth-order valence-electron chi connectivity index (χ4n) is 7.53. The molecule has 0 aliphatic heterocycles. The van der Waals surface area contributed by atoms with E-state index in [4.69, 9.17) is 4.52 Å². The summed E-state index contributed by atoms with van der Waals surface area (Å²) in [5.41, 5.74) is 0.241. The van der Waals surface area contributed by atoms with Crippen molar-refractivity contribution < 1.29 is 24.0 Å². The van der Waals surface area contributed by atoms with Gasteiger partial charge < -0.3 is 14.9 Å². The number of phosphoric ester groups is 1. The van der Waals surface area contributed by atoms with Gasteiger partial charge >= 0.3 is 7.82 Å². The Kier molecular flexibility index (Phi) is 4.45. The molecule has 0 aromatic heterocycles. The van der Waals surface area contributed by atoms with Crippen LogP contribution in [0.5, 0.6) is 0 Å². The second-order valence-electron chi connectivity index (χ2n) is 9.79. The smallest absolute Gasteiger partial charge is 0.393 e. The number of fused-ring (bicyclic) bond motifs is 5. The maximum absolute atomic E-state index is 11.4. The molecule has 8 atom stereocenters. The van der Waals surface area contributed by atoms with Gasteiger partial charge in [-0.05, 0) is 92.3 Å². The molecule has 0 bridgehead atoms. The summed E-state index contributed by atoms with van der Waals surface area (Å²) in [7, 11) is -4.43. The lowest BCUT2D eigenvalue weighted by Gasteiger charge is -2.60. The van der Waals surface area contributed by atoms with E-state index in [1.807, 2.05) is 0 Å². The topological polar surface area (TPSA) is 87.0 Å². The Hall–Kier alpha value is 0.0700. The Morgan fingerprint density at radius 2 is 1.60 bits per heavy atom. The molecule has 4 fully saturated rings. The van der Waals surface area contributed by atoms with E-state index in [1.165, 1.54) is 12.8 Å². The zero-order chi connectivity index (χ0) is 18.0. The first kappa shape index (κ1) is 18.4. The van der Waals surface area contributed by atoms with Gasteiger partial charge in [0.25, 0.3) is 0 Å². The van der Waals surface area contributed by atoms with Crippen LogP contribution in [-0.4, -0.2) is 27.1 Å². The highest BCUT2D eigenvalue weighted by Gasteiger charge is 2.61. The van der Waals surface area contributed by atoms with Crippen molar-refractivity contribution in [3.63, 3.8) is 0 Å². The monoisotopic (exact) mass is 372 g/mol. The maximum atomic E-state index is 11.4. The summed E-state index contributed by atoms with van der Waals surface area (Å²) < 4.78 is 16.6. The first-order chi connectivity index (χ1) is 11.6. The minimum Gasteiger partial charge on any atom is -0.393 e. The molecule has 6 heteroatoms. The van der Waals surface area contributed by atoms with Crippen LogP contribution >= 0.6 is 7.82 Å². The third kappa shape index (κ3) is 2.95. The Balaban J connectivity index is 1.57. The van der Waals surface area contributed by atoms with Gasteiger partial charge in [0, 0.05) is 0 Å². The van der Waals surface area contributed by atoms with Gasteiger partial charge in [0.05, 0.1) is 12.2 Å². The molecule has 5 nitrogen and oxygen atoms in total. The van der Waals surface area contributed by atoms with Gasteiger partial charge in [0.1, 0.15) is 0 Å². The van der Waals surface area contributed by atoms with E-state index in [9.17, 15) is 19.5 Å². The van der Waals surface area contributed by atoms with Crippen LogP contribution in [0.2, 0.25) is 0 Å². The maximum Gasteiger partial charge on any atom is 0.469 e. The summed E-state index contributed by atoms with van der Waals surface area (Å²) in [4.78, 5) is 18.6. The second kappa shape index (κ2) is 6.04. The van der Waals surface area contributed by atoms with Crippen LogP contribution in [0.1, 0.15) is 71.6 Å². The van der Waals surface area contributed by atoms with Crippen molar-refractivity contribution in [2.45, 2.75) is 83.8 Å². The van der Waals surface area contributed by atoms with Gasteiger partial charge in [-0.1, -0.05) is 13.8 Å². The largest absolute Gasteiger partial charge is 0.469 e. The second-order valence-corrected chi connectivity index (χ2v) is 11.0. The predicted octanol–water partition coefficient (Wildman–Crippen LogP) is 3.87. The minimum atomic E-state index is -4.43. The van der Waals surface area contributed by atoms with Crippen molar-refractivity contribution in [3.05, 3.63) is 0 Å². The van der Waals surface area contributed by atoms with Gasteiger partial charge in [0.2, 0.25) is 0 Å². The Morgan fingerprint density at radius 3 is 2.32 bits per heavy atom. The molecule has 4 rings (SSSR count). The Bertz CT molecular complexity index is 576. The van der Waals surface area contributed by atoms with Gasteiger partial charge in [-0.2, -0.15) is 0 Å². The lowest BCUT2D eigenvalue weighted by molar-refractivity contribution is -0.132. The van der Waals surface area contributed by atoms with Crippen LogP contribution in [0.3, 0.4) is 0 Å². The van der Waals surface area contributed by atoms with E-state index in [0.29, 0.717) is 29.1 Å². The van der Waals surface area contributed by atoms with Gasteiger partial charge in [-0.3, -0.25) is 4.52 Å². The highest BCUT2D eigenvalue weighted by Crippen LogP contribution is 2.67. The molecular formula is C19H33O5P. The normalized spacial score (nSPS) is 53.0. The average molecular weight is 372 g/mol. The highest BCUT2D eigenvalue weighted by molar-refractivity contribution is 7.46. The van der Waals surface area contributed by atoms with Crippen LogP contribution in [0, 0.1) is 34.5 Å². The number of aliphatic hydroxyl groups is 1. The van der Waals surface area contributed by atoms with Gasteiger partial charge in [-0.25, -0.2) is 4.57 Å². The molecule has 0 unspecified atom stereocenters. The zero-order valence-electron chi connectivity index (χ0n) is 15.4. The SMILES string of the molecule is C[C@]12CC[C@@H](O)C[C@H]1CC[C@@H]1[C@@H]2CC[C@]2(C)[C@@H](OP(=O)(O)O)CC[C@@H]12.